The number of benzene rings is 1. The van der Waals surface area contributed by atoms with E-state index in [1.165, 1.54) is 4.57 Å². The van der Waals surface area contributed by atoms with Gasteiger partial charge in [0.15, 0.2) is 0 Å². The number of carbonyl (C=O) groups excluding carboxylic acids is 1. The molecule has 2 aromatic rings. The lowest BCUT2D eigenvalue weighted by atomic mass is 10.1. The van der Waals surface area contributed by atoms with Gasteiger partial charge in [-0.1, -0.05) is 37.3 Å². The first-order valence-corrected chi connectivity index (χ1v) is 7.73. The lowest BCUT2D eigenvalue weighted by Crippen LogP contribution is -2.33. The Hall–Kier alpha value is -2.47. The molecule has 0 aliphatic rings. The van der Waals surface area contributed by atoms with Crippen LogP contribution in [0.4, 0.5) is 5.69 Å². The number of nitrogens with zero attached hydrogens (tertiary/aromatic N) is 1. The number of rotatable bonds is 5. The van der Waals surface area contributed by atoms with Crippen LogP contribution in [0.25, 0.3) is 0 Å². The normalized spacial score (nSPS) is 11.7. The van der Waals surface area contributed by atoms with Gasteiger partial charge in [-0.3, -0.25) is 9.59 Å². The van der Waals surface area contributed by atoms with Crippen molar-refractivity contribution < 1.29 is 4.79 Å². The van der Waals surface area contributed by atoms with Gasteiger partial charge in [-0.25, -0.2) is 0 Å². The van der Waals surface area contributed by atoms with Crippen molar-refractivity contribution in [2.24, 2.45) is 5.73 Å². The maximum absolute atomic E-state index is 12.6. The van der Waals surface area contributed by atoms with Crippen molar-refractivity contribution in [1.82, 2.24) is 4.57 Å². The Bertz CT molecular complexity index is 798. The molecule has 0 aliphatic heterocycles. The van der Waals surface area contributed by atoms with Crippen LogP contribution in [0.3, 0.4) is 0 Å². The van der Waals surface area contributed by atoms with Gasteiger partial charge >= 0.3 is 0 Å². The molecule has 3 N–H and O–H groups in total. The fourth-order valence-electron chi connectivity index (χ4n) is 2.35. The fraction of sp³-hybridized carbons (Fsp3) is 0.235. The molecule has 0 saturated heterocycles. The number of aromatic nitrogens is 1. The first kappa shape index (κ1) is 16.9. The molecular weight excluding hydrogens is 310 g/mol. The molecule has 0 fully saturated rings. The fourth-order valence-corrected chi connectivity index (χ4v) is 2.48. The van der Waals surface area contributed by atoms with Gasteiger partial charge in [0.2, 0.25) is 5.91 Å². The summed E-state index contributed by atoms with van der Waals surface area (Å²) in [6.45, 7) is 3.60. The minimum Gasteiger partial charge on any atom is -0.389 e. The summed E-state index contributed by atoms with van der Waals surface area (Å²) in [6.07, 6.45) is 2.14. The smallest absolute Gasteiger partial charge is 0.254 e. The number of hydrogen-bond acceptors (Lipinski definition) is 3. The molecule has 1 unspecified atom stereocenters. The Morgan fingerprint density at radius 1 is 1.35 bits per heavy atom. The van der Waals surface area contributed by atoms with Crippen LogP contribution in [0.1, 0.15) is 30.5 Å². The van der Waals surface area contributed by atoms with E-state index >= 15 is 0 Å². The Morgan fingerprint density at radius 2 is 2.09 bits per heavy atom. The summed E-state index contributed by atoms with van der Waals surface area (Å²) >= 11 is 4.94. The largest absolute Gasteiger partial charge is 0.389 e. The summed E-state index contributed by atoms with van der Waals surface area (Å²) in [4.78, 5) is 25.0. The van der Waals surface area contributed by atoms with Gasteiger partial charge in [0.1, 0.15) is 11.0 Å². The van der Waals surface area contributed by atoms with Gasteiger partial charge in [0.05, 0.1) is 0 Å². The molecule has 0 aliphatic carbocycles. The van der Waals surface area contributed by atoms with Crippen LogP contribution in [0, 0.1) is 6.92 Å². The summed E-state index contributed by atoms with van der Waals surface area (Å²) in [5.41, 5.74) is 7.32. The van der Waals surface area contributed by atoms with Crippen LogP contribution in [0.2, 0.25) is 0 Å². The Labute approximate surface area is 140 Å². The number of carbonyl (C=O) groups is 1. The van der Waals surface area contributed by atoms with Crippen molar-refractivity contribution in [3.63, 3.8) is 0 Å². The van der Waals surface area contributed by atoms with Crippen molar-refractivity contribution in [2.45, 2.75) is 26.3 Å². The van der Waals surface area contributed by atoms with Gasteiger partial charge in [-0.15, -0.1) is 0 Å². The van der Waals surface area contributed by atoms with Crippen LogP contribution in [0.5, 0.6) is 0 Å². The van der Waals surface area contributed by atoms with Crippen LogP contribution in [-0.4, -0.2) is 15.5 Å². The second kappa shape index (κ2) is 7.19. The van der Waals surface area contributed by atoms with E-state index in [1.807, 2.05) is 6.92 Å². The van der Waals surface area contributed by atoms with E-state index in [-0.39, 0.29) is 16.5 Å². The summed E-state index contributed by atoms with van der Waals surface area (Å²) in [6, 6.07) is 9.94. The third kappa shape index (κ3) is 3.84. The number of thiocarbonyl (C=S) groups is 1. The second-order valence-corrected chi connectivity index (χ2v) is 5.70. The number of nitrogens with two attached hydrogens (primary N) is 1. The van der Waals surface area contributed by atoms with Gasteiger partial charge in [-0.05, 0) is 31.5 Å². The highest BCUT2D eigenvalue weighted by atomic mass is 32.1. The predicted octanol–water partition coefficient (Wildman–Crippen LogP) is 2.38. The molecule has 1 aromatic heterocycles. The van der Waals surface area contributed by atoms with Crippen molar-refractivity contribution >= 4 is 28.8 Å². The molecule has 1 atom stereocenters. The topological polar surface area (TPSA) is 77.1 Å². The molecule has 5 nitrogen and oxygen atoms in total. The second-order valence-electron chi connectivity index (χ2n) is 5.26. The molecular formula is C17H19N3O2S. The zero-order valence-electron chi connectivity index (χ0n) is 13.1. The molecule has 2 rings (SSSR count). The van der Waals surface area contributed by atoms with Gasteiger partial charge in [0, 0.05) is 23.0 Å². The van der Waals surface area contributed by atoms with Gasteiger partial charge in [-0.2, -0.15) is 0 Å². The lowest BCUT2D eigenvalue weighted by Gasteiger charge is -2.18. The minimum atomic E-state index is -0.573. The molecule has 1 aromatic carbocycles. The first-order valence-electron chi connectivity index (χ1n) is 7.32. The number of anilines is 1. The van der Waals surface area contributed by atoms with Crippen molar-refractivity contribution in [3.05, 3.63) is 64.1 Å². The van der Waals surface area contributed by atoms with Crippen molar-refractivity contribution in [3.8, 4) is 0 Å². The molecule has 1 amide bonds. The highest BCUT2D eigenvalue weighted by Crippen LogP contribution is 2.15. The zero-order valence-corrected chi connectivity index (χ0v) is 13.9. The average molecular weight is 329 g/mol. The quantitative estimate of drug-likeness (QED) is 0.826. The number of nitrogens with one attached hydrogen (secondary N) is 1. The summed E-state index contributed by atoms with van der Waals surface area (Å²) in [7, 11) is 0. The molecule has 0 saturated carbocycles. The van der Waals surface area contributed by atoms with Crippen LogP contribution in [0.15, 0.2) is 47.4 Å². The molecule has 23 heavy (non-hydrogen) atoms. The number of amides is 1. The highest BCUT2D eigenvalue weighted by Gasteiger charge is 2.20. The van der Waals surface area contributed by atoms with Gasteiger partial charge < -0.3 is 15.6 Å². The maximum Gasteiger partial charge on any atom is 0.254 e. The Morgan fingerprint density at radius 3 is 2.74 bits per heavy atom. The molecule has 1 heterocycles. The lowest BCUT2D eigenvalue weighted by molar-refractivity contribution is -0.119. The molecule has 0 bridgehead atoms. The van der Waals surface area contributed by atoms with E-state index in [9.17, 15) is 9.59 Å². The monoisotopic (exact) mass is 329 g/mol. The molecule has 0 spiro atoms. The zero-order chi connectivity index (χ0) is 17.0. The van der Waals surface area contributed by atoms with Gasteiger partial charge in [0.25, 0.3) is 5.56 Å². The molecule has 120 valence electrons. The number of aryl methyl sites for hydroxylation is 1. The third-order valence-corrected chi connectivity index (χ3v) is 3.84. The summed E-state index contributed by atoms with van der Waals surface area (Å²) in [5, 5.41) is 2.82. The third-order valence-electron chi connectivity index (χ3n) is 3.60. The maximum atomic E-state index is 12.6. The first-order chi connectivity index (χ1) is 10.9. The highest BCUT2D eigenvalue weighted by molar-refractivity contribution is 7.80. The van der Waals surface area contributed by atoms with Crippen molar-refractivity contribution in [2.75, 3.05) is 5.32 Å². The number of hydrogen-bond donors (Lipinski definition) is 2. The van der Waals surface area contributed by atoms with Crippen LogP contribution >= 0.6 is 12.2 Å². The number of pyridine rings is 1. The standard InChI is InChI=1S/C17H19N3O2S/c1-3-14(20-9-5-6-11(2)17(20)22)16(21)19-13-8-4-7-12(10-13)15(18)23/h4-10,14H,3H2,1-2H3,(H2,18,23)(H,19,21). The molecule has 0 radical (unpaired) electrons. The van der Waals surface area contributed by atoms with E-state index in [0.29, 0.717) is 23.2 Å². The van der Waals surface area contributed by atoms with Crippen LogP contribution in [-0.2, 0) is 4.79 Å². The van der Waals surface area contributed by atoms with Crippen LogP contribution < -0.4 is 16.6 Å². The van der Waals surface area contributed by atoms with E-state index in [0.717, 1.165) is 0 Å². The predicted molar refractivity (Wildman–Crippen MR) is 95.7 cm³/mol. The van der Waals surface area contributed by atoms with E-state index < -0.39 is 6.04 Å². The van der Waals surface area contributed by atoms with E-state index in [2.05, 4.69) is 5.32 Å². The summed E-state index contributed by atoms with van der Waals surface area (Å²) in [5.74, 6) is -0.250. The van der Waals surface area contributed by atoms with Crippen molar-refractivity contribution in [1.29, 1.82) is 0 Å². The van der Waals surface area contributed by atoms with E-state index in [1.54, 1.807) is 49.5 Å². The average Bonchev–Trinajstić information content (AvgIpc) is 2.52. The molecule has 6 heteroatoms. The Kier molecular flexibility index (Phi) is 5.28. The Balaban J connectivity index is 2.27. The van der Waals surface area contributed by atoms with E-state index in [4.69, 9.17) is 18.0 Å². The minimum absolute atomic E-state index is 0.161. The SMILES string of the molecule is CCC(C(=O)Nc1cccc(C(N)=S)c1)n1cccc(C)c1=O. The summed E-state index contributed by atoms with van der Waals surface area (Å²) < 4.78 is 1.46.